The van der Waals surface area contributed by atoms with Gasteiger partial charge in [-0.3, -0.25) is 4.79 Å². The first kappa shape index (κ1) is 25.4. The molecular formula is C29H38ClN3O2. The Balaban J connectivity index is 1.51. The highest BCUT2D eigenvalue weighted by molar-refractivity contribution is 6.32. The van der Waals surface area contributed by atoms with E-state index in [-0.39, 0.29) is 11.8 Å². The molecule has 188 valence electrons. The van der Waals surface area contributed by atoms with Crippen LogP contribution in [0.3, 0.4) is 0 Å². The van der Waals surface area contributed by atoms with E-state index in [1.54, 1.807) is 0 Å². The summed E-state index contributed by atoms with van der Waals surface area (Å²) in [6.07, 6.45) is 5.18. The van der Waals surface area contributed by atoms with Crippen LogP contribution in [0.4, 0.5) is 5.69 Å². The molecule has 0 fully saturated rings. The Morgan fingerprint density at radius 1 is 1.14 bits per heavy atom. The summed E-state index contributed by atoms with van der Waals surface area (Å²) < 4.78 is 8.02. The molecule has 0 N–H and O–H groups in total. The Morgan fingerprint density at radius 2 is 1.94 bits per heavy atom. The van der Waals surface area contributed by atoms with Gasteiger partial charge in [0, 0.05) is 56.5 Å². The number of carbonyl (C=O) groups excluding carboxylic acids is 1. The Labute approximate surface area is 214 Å². The minimum Gasteiger partial charge on any atom is -0.492 e. The minimum atomic E-state index is -0.141. The second-order valence-electron chi connectivity index (χ2n) is 10.4. The van der Waals surface area contributed by atoms with Gasteiger partial charge in [0.15, 0.2) is 0 Å². The van der Waals surface area contributed by atoms with Gasteiger partial charge >= 0.3 is 0 Å². The quantitative estimate of drug-likeness (QED) is 0.368. The van der Waals surface area contributed by atoms with Gasteiger partial charge in [-0.25, -0.2) is 0 Å². The molecule has 0 aliphatic carbocycles. The summed E-state index contributed by atoms with van der Waals surface area (Å²) in [5, 5.41) is 1.86. The number of amides is 1. The van der Waals surface area contributed by atoms with Gasteiger partial charge in [-0.15, -0.1) is 0 Å². The second kappa shape index (κ2) is 10.9. The molecule has 35 heavy (non-hydrogen) atoms. The van der Waals surface area contributed by atoms with Crippen LogP contribution in [0.1, 0.15) is 44.7 Å². The van der Waals surface area contributed by atoms with E-state index in [4.69, 9.17) is 16.3 Å². The van der Waals surface area contributed by atoms with Crippen molar-refractivity contribution < 1.29 is 9.53 Å². The van der Waals surface area contributed by atoms with E-state index >= 15 is 0 Å². The van der Waals surface area contributed by atoms with E-state index in [1.165, 1.54) is 10.9 Å². The molecule has 0 saturated carbocycles. The molecule has 1 aliphatic rings. The fourth-order valence-corrected chi connectivity index (χ4v) is 5.47. The molecule has 5 nitrogen and oxygen atoms in total. The molecule has 1 aliphatic heterocycles. The first-order valence-electron chi connectivity index (χ1n) is 12.7. The normalized spacial score (nSPS) is 14.4. The molecular weight excluding hydrogens is 458 g/mol. The summed E-state index contributed by atoms with van der Waals surface area (Å²) in [4.78, 5) is 17.9. The van der Waals surface area contributed by atoms with Gasteiger partial charge in [-0.1, -0.05) is 44.5 Å². The monoisotopic (exact) mass is 495 g/mol. The van der Waals surface area contributed by atoms with Crippen LogP contribution in [0, 0.1) is 11.8 Å². The Morgan fingerprint density at radius 3 is 2.71 bits per heavy atom. The average molecular weight is 496 g/mol. The predicted octanol–water partition coefficient (Wildman–Crippen LogP) is 6.30. The van der Waals surface area contributed by atoms with Crippen LogP contribution >= 0.6 is 11.6 Å². The highest BCUT2D eigenvalue weighted by Crippen LogP contribution is 2.34. The van der Waals surface area contributed by atoms with Gasteiger partial charge < -0.3 is 19.1 Å². The fraction of sp³-hybridized carbons (Fsp3) is 0.483. The van der Waals surface area contributed by atoms with Crippen molar-refractivity contribution >= 4 is 34.1 Å². The van der Waals surface area contributed by atoms with Crippen molar-refractivity contribution in [3.63, 3.8) is 0 Å². The maximum absolute atomic E-state index is 13.7. The smallest absolute Gasteiger partial charge is 0.227 e. The summed E-state index contributed by atoms with van der Waals surface area (Å²) in [6, 6.07) is 12.6. The SMILES string of the molecule is CC(C)CN(Cc1cc(Cl)c2c(c1)CCCCO2)C(=O)C(C)CN(C)c1cccc2c1ccn2C. The van der Waals surface area contributed by atoms with Crippen LogP contribution < -0.4 is 9.64 Å². The van der Waals surface area contributed by atoms with E-state index < -0.39 is 0 Å². The zero-order chi connectivity index (χ0) is 25.1. The number of aryl methyl sites for hydroxylation is 2. The number of rotatable bonds is 8. The molecule has 6 heteroatoms. The van der Waals surface area contributed by atoms with Crippen molar-refractivity contribution in [1.82, 2.24) is 9.47 Å². The largest absolute Gasteiger partial charge is 0.492 e. The number of ether oxygens (including phenoxy) is 1. The van der Waals surface area contributed by atoms with Gasteiger partial charge in [-0.2, -0.15) is 0 Å². The highest BCUT2D eigenvalue weighted by atomic mass is 35.5. The highest BCUT2D eigenvalue weighted by Gasteiger charge is 2.24. The van der Waals surface area contributed by atoms with Gasteiger partial charge in [0.2, 0.25) is 5.91 Å². The van der Waals surface area contributed by atoms with E-state index in [2.05, 4.69) is 73.9 Å². The van der Waals surface area contributed by atoms with Crippen LogP contribution in [0.5, 0.6) is 5.75 Å². The lowest BCUT2D eigenvalue weighted by Crippen LogP contribution is -2.41. The Kier molecular flexibility index (Phi) is 7.95. The number of halogens is 1. The second-order valence-corrected chi connectivity index (χ2v) is 10.8. The summed E-state index contributed by atoms with van der Waals surface area (Å²) in [6.45, 7) is 9.00. The number of fused-ring (bicyclic) bond motifs is 2. The number of carbonyl (C=O) groups is 1. The third-order valence-electron chi connectivity index (χ3n) is 6.82. The summed E-state index contributed by atoms with van der Waals surface area (Å²) in [5.74, 6) is 1.23. The van der Waals surface area contributed by atoms with Crippen molar-refractivity contribution in [2.45, 2.75) is 46.6 Å². The maximum atomic E-state index is 13.7. The number of hydrogen-bond donors (Lipinski definition) is 0. The number of aromatic nitrogens is 1. The van der Waals surface area contributed by atoms with Gasteiger partial charge in [0.05, 0.1) is 17.5 Å². The summed E-state index contributed by atoms with van der Waals surface area (Å²) >= 11 is 6.60. The third-order valence-corrected chi connectivity index (χ3v) is 7.10. The Bertz CT molecular complexity index is 1190. The molecule has 4 rings (SSSR count). The lowest BCUT2D eigenvalue weighted by molar-refractivity contribution is -0.135. The third kappa shape index (κ3) is 5.78. The maximum Gasteiger partial charge on any atom is 0.227 e. The lowest BCUT2D eigenvalue weighted by Gasteiger charge is -2.30. The van der Waals surface area contributed by atoms with Crippen molar-refractivity contribution in [3.8, 4) is 5.75 Å². The van der Waals surface area contributed by atoms with Crippen molar-refractivity contribution in [1.29, 1.82) is 0 Å². The molecule has 0 spiro atoms. The molecule has 1 atom stereocenters. The van der Waals surface area contributed by atoms with E-state index in [0.717, 1.165) is 41.8 Å². The van der Waals surface area contributed by atoms with Crippen molar-refractivity contribution in [2.75, 3.05) is 31.6 Å². The zero-order valence-corrected chi connectivity index (χ0v) is 22.4. The van der Waals surface area contributed by atoms with Crippen LogP contribution in [0.15, 0.2) is 42.6 Å². The molecule has 1 aromatic heterocycles. The molecule has 1 amide bonds. The molecule has 0 saturated heterocycles. The lowest BCUT2D eigenvalue weighted by atomic mass is 10.0. The van der Waals surface area contributed by atoms with E-state index in [0.29, 0.717) is 37.2 Å². The molecule has 1 unspecified atom stereocenters. The van der Waals surface area contributed by atoms with Crippen LogP contribution in [0.2, 0.25) is 5.02 Å². The summed E-state index contributed by atoms with van der Waals surface area (Å²) in [7, 11) is 4.13. The number of hydrogen-bond acceptors (Lipinski definition) is 3. The zero-order valence-electron chi connectivity index (χ0n) is 21.7. The van der Waals surface area contributed by atoms with Crippen LogP contribution in [0.25, 0.3) is 10.9 Å². The van der Waals surface area contributed by atoms with Gasteiger partial charge in [0.1, 0.15) is 5.75 Å². The first-order valence-corrected chi connectivity index (χ1v) is 13.1. The van der Waals surface area contributed by atoms with Crippen molar-refractivity contribution in [2.24, 2.45) is 18.9 Å². The molecule has 2 aromatic carbocycles. The van der Waals surface area contributed by atoms with Gasteiger partial charge in [0.25, 0.3) is 0 Å². The number of anilines is 1. The standard InChI is InChI=1S/C29H38ClN3O2/c1-20(2)17-33(19-22-15-23-9-6-7-14-35-28(23)25(30)16-22)29(34)21(3)18-32(5)27-11-8-10-26-24(27)12-13-31(26)4/h8,10-13,15-16,20-21H,6-7,9,14,17-19H2,1-5H3. The Hall–Kier alpha value is -2.66. The molecule has 0 radical (unpaired) electrons. The number of nitrogens with zero attached hydrogens (tertiary/aromatic N) is 3. The molecule has 2 heterocycles. The molecule has 3 aromatic rings. The summed E-state index contributed by atoms with van der Waals surface area (Å²) in [5.41, 5.74) is 4.57. The van der Waals surface area contributed by atoms with Crippen LogP contribution in [-0.4, -0.2) is 42.1 Å². The van der Waals surface area contributed by atoms with Crippen molar-refractivity contribution in [3.05, 3.63) is 58.7 Å². The van der Waals surface area contributed by atoms with E-state index in [9.17, 15) is 4.79 Å². The first-order chi connectivity index (χ1) is 16.7. The van der Waals surface area contributed by atoms with Crippen LogP contribution in [-0.2, 0) is 24.8 Å². The van der Waals surface area contributed by atoms with E-state index in [1.807, 2.05) is 17.9 Å². The minimum absolute atomic E-state index is 0.141. The number of benzene rings is 2. The molecule has 0 bridgehead atoms. The van der Waals surface area contributed by atoms with Gasteiger partial charge in [-0.05, 0) is 60.6 Å². The average Bonchev–Trinajstić information content (AvgIpc) is 3.03. The topological polar surface area (TPSA) is 37.7 Å². The predicted molar refractivity (Wildman–Crippen MR) is 145 cm³/mol. The fourth-order valence-electron chi connectivity index (χ4n) is 5.15.